The fourth-order valence-electron chi connectivity index (χ4n) is 1.13. The zero-order chi connectivity index (χ0) is 11.0. The number of allylic oxidation sites excluding steroid dienone is 3. The molecule has 0 amide bonds. The highest BCUT2D eigenvalue weighted by atomic mass is 79.9. The molecule has 1 unspecified atom stereocenters. The van der Waals surface area contributed by atoms with Crippen molar-refractivity contribution in [1.29, 1.82) is 0 Å². The highest BCUT2D eigenvalue weighted by molar-refractivity contribution is 9.09. The third kappa shape index (κ3) is 5.28. The minimum absolute atomic E-state index is 0.268. The Morgan fingerprint density at radius 3 is 2.57 bits per heavy atom. The molecule has 2 heteroatoms. The lowest BCUT2D eigenvalue weighted by atomic mass is 10.2. The molecule has 14 heavy (non-hydrogen) atoms. The van der Waals surface area contributed by atoms with E-state index in [1.807, 2.05) is 19.1 Å². The topological polar surface area (TPSA) is 12.0 Å². The minimum Gasteiger partial charge on any atom is -0.378 e. The summed E-state index contributed by atoms with van der Waals surface area (Å²) >= 11 is 3.55. The van der Waals surface area contributed by atoms with Gasteiger partial charge < -0.3 is 5.32 Å². The van der Waals surface area contributed by atoms with Gasteiger partial charge in [-0.15, -0.1) is 6.58 Å². The summed E-state index contributed by atoms with van der Waals surface area (Å²) in [5, 5.41) is 3.41. The number of halogens is 1. The zero-order valence-electron chi connectivity index (χ0n) is 9.26. The van der Waals surface area contributed by atoms with E-state index in [9.17, 15) is 0 Å². The second kappa shape index (κ2) is 7.86. The first-order valence-corrected chi connectivity index (χ1v) is 5.93. The van der Waals surface area contributed by atoms with Gasteiger partial charge in [-0.3, -0.25) is 0 Å². The molecule has 0 aliphatic rings. The highest BCUT2D eigenvalue weighted by Crippen LogP contribution is 2.08. The quantitative estimate of drug-likeness (QED) is 0.434. The van der Waals surface area contributed by atoms with Crippen molar-refractivity contribution >= 4 is 15.9 Å². The van der Waals surface area contributed by atoms with Crippen molar-refractivity contribution in [3.8, 4) is 0 Å². The molecule has 0 aromatic carbocycles. The number of hydrogen-bond acceptors (Lipinski definition) is 1. The normalized spacial score (nSPS) is 16.7. The van der Waals surface area contributed by atoms with Crippen LogP contribution in [0.5, 0.6) is 0 Å². The Morgan fingerprint density at radius 2 is 2.21 bits per heavy atom. The first kappa shape index (κ1) is 13.5. The van der Waals surface area contributed by atoms with Crippen molar-refractivity contribution in [3.63, 3.8) is 0 Å². The summed E-state index contributed by atoms with van der Waals surface area (Å²) in [6.45, 7) is 10.1. The second-order valence-corrected chi connectivity index (χ2v) is 4.60. The van der Waals surface area contributed by atoms with Gasteiger partial charge >= 0.3 is 0 Å². The summed E-state index contributed by atoms with van der Waals surface area (Å²) in [5.74, 6) is 0. The summed E-state index contributed by atoms with van der Waals surface area (Å²) in [5.41, 5.74) is 1.16. The monoisotopic (exact) mass is 257 g/mol. The molecule has 1 N–H and O–H groups in total. The van der Waals surface area contributed by atoms with E-state index in [0.29, 0.717) is 4.83 Å². The van der Waals surface area contributed by atoms with Gasteiger partial charge in [-0.25, -0.2) is 0 Å². The van der Waals surface area contributed by atoms with Crippen LogP contribution in [-0.2, 0) is 0 Å². The molecule has 0 heterocycles. The lowest BCUT2D eigenvalue weighted by Crippen LogP contribution is -2.32. The maximum Gasteiger partial charge on any atom is 0.0564 e. The van der Waals surface area contributed by atoms with E-state index in [-0.39, 0.29) is 6.04 Å². The van der Waals surface area contributed by atoms with Crippen LogP contribution < -0.4 is 5.32 Å². The van der Waals surface area contributed by atoms with Gasteiger partial charge in [0.05, 0.1) is 6.04 Å². The van der Waals surface area contributed by atoms with Gasteiger partial charge in [0.25, 0.3) is 0 Å². The molecule has 2 atom stereocenters. The Labute approximate surface area is 96.1 Å². The second-order valence-electron chi connectivity index (χ2n) is 3.15. The smallest absolute Gasteiger partial charge is 0.0564 e. The first-order valence-electron chi connectivity index (χ1n) is 5.01. The number of nitrogens with one attached hydrogen (secondary N) is 1. The van der Waals surface area contributed by atoms with Crippen LogP contribution in [0.4, 0.5) is 0 Å². The summed E-state index contributed by atoms with van der Waals surface area (Å²) < 4.78 is 0. The highest BCUT2D eigenvalue weighted by Gasteiger charge is 2.09. The predicted octanol–water partition coefficient (Wildman–Crippen LogP) is 3.78. The Balaban J connectivity index is 4.41. The molecule has 0 saturated heterocycles. The fourth-order valence-corrected chi connectivity index (χ4v) is 1.48. The molecular weight excluding hydrogens is 238 g/mol. The van der Waals surface area contributed by atoms with E-state index in [1.165, 1.54) is 0 Å². The Morgan fingerprint density at radius 1 is 1.57 bits per heavy atom. The maximum absolute atomic E-state index is 3.81. The standard InChI is InChI=1S/C12H20BrN/c1-5-8-11(9-6-2)14-12(7-3)10(4)13/h5,7-10,12,14H,3,6H2,1-2,4H3/b8-5-,11-9+/t10-,12?/m1/s1. The number of rotatable bonds is 6. The zero-order valence-corrected chi connectivity index (χ0v) is 10.8. The van der Waals surface area contributed by atoms with Gasteiger partial charge in [-0.05, 0) is 19.4 Å². The summed E-state index contributed by atoms with van der Waals surface area (Å²) in [6, 6.07) is 0.268. The number of hydrogen-bond donors (Lipinski definition) is 1. The largest absolute Gasteiger partial charge is 0.378 e. The Hall–Kier alpha value is -0.500. The molecule has 0 saturated carbocycles. The average Bonchev–Trinajstić information content (AvgIpc) is 2.14. The first-order chi connectivity index (χ1) is 6.65. The van der Waals surface area contributed by atoms with Crippen LogP contribution >= 0.6 is 15.9 Å². The van der Waals surface area contributed by atoms with Crippen molar-refractivity contribution in [2.75, 3.05) is 0 Å². The minimum atomic E-state index is 0.268. The summed E-state index contributed by atoms with van der Waals surface area (Å²) in [6.07, 6.45) is 9.24. The third-order valence-corrected chi connectivity index (χ3v) is 2.42. The molecule has 0 fully saturated rings. The molecule has 80 valence electrons. The lowest BCUT2D eigenvalue weighted by molar-refractivity contribution is 0.677. The van der Waals surface area contributed by atoms with Gasteiger partial charge in [0.15, 0.2) is 0 Å². The van der Waals surface area contributed by atoms with E-state index in [4.69, 9.17) is 0 Å². The van der Waals surface area contributed by atoms with Gasteiger partial charge in [-0.2, -0.15) is 0 Å². The van der Waals surface area contributed by atoms with Gasteiger partial charge in [0.1, 0.15) is 0 Å². The molecule has 0 aromatic heterocycles. The Kier molecular flexibility index (Phi) is 7.58. The summed E-state index contributed by atoms with van der Waals surface area (Å²) in [7, 11) is 0. The molecule has 0 aromatic rings. The van der Waals surface area contributed by atoms with E-state index in [0.717, 1.165) is 12.1 Å². The van der Waals surface area contributed by atoms with Crippen molar-refractivity contribution in [2.45, 2.75) is 38.1 Å². The third-order valence-electron chi connectivity index (χ3n) is 1.85. The molecule has 1 nitrogen and oxygen atoms in total. The van der Waals surface area contributed by atoms with Crippen molar-refractivity contribution in [1.82, 2.24) is 5.32 Å². The summed E-state index contributed by atoms with van der Waals surface area (Å²) in [4.78, 5) is 0.380. The molecule has 0 aliphatic carbocycles. The number of alkyl halides is 1. The Bertz CT molecular complexity index is 216. The van der Waals surface area contributed by atoms with Crippen LogP contribution in [0, 0.1) is 0 Å². The van der Waals surface area contributed by atoms with E-state index in [1.54, 1.807) is 0 Å². The van der Waals surface area contributed by atoms with Crippen LogP contribution in [0.1, 0.15) is 27.2 Å². The van der Waals surface area contributed by atoms with Gasteiger partial charge in [0.2, 0.25) is 0 Å². The molecule has 0 rings (SSSR count). The average molecular weight is 258 g/mol. The lowest BCUT2D eigenvalue weighted by Gasteiger charge is -2.19. The maximum atomic E-state index is 3.81. The fraction of sp³-hybridized carbons (Fsp3) is 0.500. The molecule has 0 radical (unpaired) electrons. The van der Waals surface area contributed by atoms with Crippen molar-refractivity contribution < 1.29 is 0 Å². The van der Waals surface area contributed by atoms with E-state index >= 15 is 0 Å². The predicted molar refractivity (Wildman–Crippen MR) is 68.7 cm³/mol. The van der Waals surface area contributed by atoms with Gasteiger partial charge in [0, 0.05) is 10.5 Å². The van der Waals surface area contributed by atoms with Gasteiger partial charge in [-0.1, -0.05) is 48.0 Å². The van der Waals surface area contributed by atoms with E-state index < -0.39 is 0 Å². The van der Waals surface area contributed by atoms with Crippen LogP contribution in [0.25, 0.3) is 0 Å². The molecular formula is C12H20BrN. The van der Waals surface area contributed by atoms with Crippen LogP contribution in [-0.4, -0.2) is 10.9 Å². The van der Waals surface area contributed by atoms with Crippen molar-refractivity contribution in [3.05, 3.63) is 36.6 Å². The van der Waals surface area contributed by atoms with Crippen molar-refractivity contribution in [2.24, 2.45) is 0 Å². The van der Waals surface area contributed by atoms with Crippen LogP contribution in [0.2, 0.25) is 0 Å². The molecule has 0 spiro atoms. The van der Waals surface area contributed by atoms with Crippen LogP contribution in [0.3, 0.4) is 0 Å². The molecule has 0 bridgehead atoms. The SMILES string of the molecule is C=CC(NC(/C=C\C)=C/CC)[C@@H](C)Br. The van der Waals surface area contributed by atoms with Crippen LogP contribution in [0.15, 0.2) is 36.6 Å². The molecule has 0 aliphatic heterocycles. The van der Waals surface area contributed by atoms with E-state index in [2.05, 4.69) is 53.8 Å².